The number of hydrogen-bond donors (Lipinski definition) is 2. The van der Waals surface area contributed by atoms with Crippen LogP contribution < -0.4 is 11.1 Å². The molecule has 78 valence electrons. The van der Waals surface area contributed by atoms with Crippen molar-refractivity contribution in [1.82, 2.24) is 5.32 Å². The van der Waals surface area contributed by atoms with E-state index in [0.717, 1.165) is 6.54 Å². The first-order valence-corrected chi connectivity index (χ1v) is 5.04. The zero-order valence-electron chi connectivity index (χ0n) is 9.25. The van der Waals surface area contributed by atoms with Gasteiger partial charge in [-0.25, -0.2) is 0 Å². The van der Waals surface area contributed by atoms with Gasteiger partial charge in [-0.05, 0) is 26.3 Å². The molecule has 0 fully saturated rings. The van der Waals surface area contributed by atoms with E-state index in [-0.39, 0.29) is 11.6 Å². The molecule has 1 aromatic carbocycles. The van der Waals surface area contributed by atoms with Crippen molar-refractivity contribution in [2.24, 2.45) is 5.73 Å². The smallest absolute Gasteiger partial charge is 0.0421 e. The highest BCUT2D eigenvalue weighted by atomic mass is 15.0. The normalized spacial score (nSPS) is 14.0. The van der Waals surface area contributed by atoms with E-state index in [1.807, 2.05) is 18.2 Å². The second-order valence-corrected chi connectivity index (χ2v) is 4.65. The summed E-state index contributed by atoms with van der Waals surface area (Å²) in [6, 6.07) is 10.3. The summed E-state index contributed by atoms with van der Waals surface area (Å²) >= 11 is 0. The molecular formula is C12H20N2. The van der Waals surface area contributed by atoms with Crippen LogP contribution in [0.1, 0.15) is 32.4 Å². The molecule has 2 nitrogen and oxygen atoms in total. The van der Waals surface area contributed by atoms with Gasteiger partial charge in [0.2, 0.25) is 0 Å². The van der Waals surface area contributed by atoms with E-state index in [1.54, 1.807) is 0 Å². The fourth-order valence-electron chi connectivity index (χ4n) is 1.23. The molecule has 1 rings (SSSR count). The number of rotatable bonds is 3. The van der Waals surface area contributed by atoms with Crippen molar-refractivity contribution in [2.45, 2.75) is 32.4 Å². The first kappa shape index (κ1) is 11.2. The Bertz CT molecular complexity index is 261. The molecule has 3 N–H and O–H groups in total. The third-order valence-electron chi connectivity index (χ3n) is 2.08. The maximum atomic E-state index is 6.04. The van der Waals surface area contributed by atoms with Crippen LogP contribution in [0.5, 0.6) is 0 Å². The molecule has 0 unspecified atom stereocenters. The van der Waals surface area contributed by atoms with E-state index < -0.39 is 0 Å². The summed E-state index contributed by atoms with van der Waals surface area (Å²) in [5.74, 6) is 0. The van der Waals surface area contributed by atoms with Gasteiger partial charge < -0.3 is 11.1 Å². The topological polar surface area (TPSA) is 38.0 Å². The van der Waals surface area contributed by atoms with Gasteiger partial charge in [0.05, 0.1) is 0 Å². The van der Waals surface area contributed by atoms with Gasteiger partial charge in [0.1, 0.15) is 0 Å². The zero-order chi connectivity index (χ0) is 10.6. The molecule has 1 atom stereocenters. The van der Waals surface area contributed by atoms with Crippen molar-refractivity contribution in [1.29, 1.82) is 0 Å². The SMILES string of the molecule is CC(C)(C)NC[C@H](N)c1ccccc1. The molecule has 0 radical (unpaired) electrons. The highest BCUT2D eigenvalue weighted by molar-refractivity contribution is 5.18. The van der Waals surface area contributed by atoms with E-state index in [1.165, 1.54) is 5.56 Å². The molecule has 14 heavy (non-hydrogen) atoms. The van der Waals surface area contributed by atoms with Gasteiger partial charge in [-0.15, -0.1) is 0 Å². The maximum absolute atomic E-state index is 6.04. The van der Waals surface area contributed by atoms with Crippen LogP contribution in [0.25, 0.3) is 0 Å². The van der Waals surface area contributed by atoms with Gasteiger partial charge in [-0.2, -0.15) is 0 Å². The Hall–Kier alpha value is -0.860. The minimum atomic E-state index is 0.0791. The Labute approximate surface area is 86.5 Å². The first-order chi connectivity index (χ1) is 6.49. The average molecular weight is 192 g/mol. The quantitative estimate of drug-likeness (QED) is 0.769. The van der Waals surface area contributed by atoms with Crippen LogP contribution in [0, 0.1) is 0 Å². The first-order valence-electron chi connectivity index (χ1n) is 5.04. The van der Waals surface area contributed by atoms with Gasteiger partial charge in [0.15, 0.2) is 0 Å². The van der Waals surface area contributed by atoms with Gasteiger partial charge in [-0.1, -0.05) is 30.3 Å². The molecule has 0 saturated carbocycles. The van der Waals surface area contributed by atoms with Crippen LogP contribution >= 0.6 is 0 Å². The molecule has 0 heterocycles. The third-order valence-corrected chi connectivity index (χ3v) is 2.08. The molecule has 0 aromatic heterocycles. The van der Waals surface area contributed by atoms with Crippen molar-refractivity contribution in [3.05, 3.63) is 35.9 Å². The van der Waals surface area contributed by atoms with E-state index in [9.17, 15) is 0 Å². The molecule has 0 aliphatic heterocycles. The largest absolute Gasteiger partial charge is 0.323 e. The summed E-state index contributed by atoms with van der Waals surface area (Å²) in [7, 11) is 0. The predicted molar refractivity (Wildman–Crippen MR) is 61.1 cm³/mol. The highest BCUT2D eigenvalue weighted by Gasteiger charge is 2.11. The summed E-state index contributed by atoms with van der Waals surface area (Å²) in [5.41, 5.74) is 7.36. The lowest BCUT2D eigenvalue weighted by molar-refractivity contribution is 0.408. The summed E-state index contributed by atoms with van der Waals surface area (Å²) in [6.07, 6.45) is 0. The summed E-state index contributed by atoms with van der Waals surface area (Å²) < 4.78 is 0. The van der Waals surface area contributed by atoms with Crippen LogP contribution in [-0.4, -0.2) is 12.1 Å². The van der Waals surface area contributed by atoms with E-state index in [2.05, 4.69) is 38.2 Å². The van der Waals surface area contributed by atoms with Gasteiger partial charge >= 0.3 is 0 Å². The zero-order valence-corrected chi connectivity index (χ0v) is 9.25. The molecule has 0 spiro atoms. The Morgan fingerprint density at radius 1 is 1.21 bits per heavy atom. The van der Waals surface area contributed by atoms with E-state index in [4.69, 9.17) is 5.73 Å². The van der Waals surface area contributed by atoms with Gasteiger partial charge in [0.25, 0.3) is 0 Å². The second kappa shape index (κ2) is 4.58. The minimum absolute atomic E-state index is 0.0791. The third kappa shape index (κ3) is 3.90. The second-order valence-electron chi connectivity index (χ2n) is 4.65. The Morgan fingerprint density at radius 3 is 2.29 bits per heavy atom. The van der Waals surface area contributed by atoms with Crippen molar-refractivity contribution < 1.29 is 0 Å². The maximum Gasteiger partial charge on any atom is 0.0421 e. The fourth-order valence-corrected chi connectivity index (χ4v) is 1.23. The molecule has 2 heteroatoms. The monoisotopic (exact) mass is 192 g/mol. The molecular weight excluding hydrogens is 172 g/mol. The lowest BCUT2D eigenvalue weighted by Gasteiger charge is -2.23. The average Bonchev–Trinajstić information content (AvgIpc) is 2.14. The predicted octanol–water partition coefficient (Wildman–Crippen LogP) is 2.07. The standard InChI is InChI=1S/C12H20N2/c1-12(2,3)14-9-11(13)10-7-5-4-6-8-10/h4-8,11,14H,9,13H2,1-3H3/t11-/m0/s1. The summed E-state index contributed by atoms with van der Waals surface area (Å²) in [4.78, 5) is 0. The number of hydrogen-bond acceptors (Lipinski definition) is 2. The lowest BCUT2D eigenvalue weighted by atomic mass is 10.1. The van der Waals surface area contributed by atoms with Crippen LogP contribution in [0.4, 0.5) is 0 Å². The Kier molecular flexibility index (Phi) is 3.67. The molecule has 0 aliphatic carbocycles. The highest BCUT2D eigenvalue weighted by Crippen LogP contribution is 2.09. The van der Waals surface area contributed by atoms with Gasteiger partial charge in [0, 0.05) is 18.1 Å². The minimum Gasteiger partial charge on any atom is -0.323 e. The van der Waals surface area contributed by atoms with Gasteiger partial charge in [-0.3, -0.25) is 0 Å². The summed E-state index contributed by atoms with van der Waals surface area (Å²) in [5, 5.41) is 3.40. The van der Waals surface area contributed by atoms with Crippen LogP contribution in [0.2, 0.25) is 0 Å². The lowest BCUT2D eigenvalue weighted by Crippen LogP contribution is -2.40. The van der Waals surface area contributed by atoms with E-state index in [0.29, 0.717) is 0 Å². The molecule has 0 aliphatic rings. The van der Waals surface area contributed by atoms with Crippen LogP contribution in [-0.2, 0) is 0 Å². The van der Waals surface area contributed by atoms with Crippen LogP contribution in [0.15, 0.2) is 30.3 Å². The number of nitrogens with two attached hydrogens (primary N) is 1. The van der Waals surface area contributed by atoms with Crippen molar-refractivity contribution in [3.8, 4) is 0 Å². The van der Waals surface area contributed by atoms with Crippen molar-refractivity contribution in [3.63, 3.8) is 0 Å². The molecule has 1 aromatic rings. The number of nitrogens with one attached hydrogen (secondary N) is 1. The molecule has 0 amide bonds. The van der Waals surface area contributed by atoms with E-state index >= 15 is 0 Å². The van der Waals surface area contributed by atoms with Crippen LogP contribution in [0.3, 0.4) is 0 Å². The molecule has 0 bridgehead atoms. The number of benzene rings is 1. The Balaban J connectivity index is 2.48. The Morgan fingerprint density at radius 2 is 1.79 bits per heavy atom. The molecule has 0 saturated heterocycles. The summed E-state index contributed by atoms with van der Waals surface area (Å²) in [6.45, 7) is 7.24. The van der Waals surface area contributed by atoms with Crippen molar-refractivity contribution >= 4 is 0 Å². The fraction of sp³-hybridized carbons (Fsp3) is 0.500. The van der Waals surface area contributed by atoms with Crippen molar-refractivity contribution in [2.75, 3.05) is 6.54 Å².